The molecule has 0 atom stereocenters. The molecule has 28 heavy (non-hydrogen) atoms. The van der Waals surface area contributed by atoms with E-state index in [1.54, 1.807) is 54.9 Å². The number of hydrogen-bond donors (Lipinski definition) is 1. The van der Waals surface area contributed by atoms with Gasteiger partial charge in [0.15, 0.2) is 0 Å². The number of anilines is 1. The van der Waals surface area contributed by atoms with Gasteiger partial charge in [0.25, 0.3) is 0 Å². The van der Waals surface area contributed by atoms with E-state index in [1.807, 2.05) is 19.1 Å². The second-order valence-corrected chi connectivity index (χ2v) is 6.10. The summed E-state index contributed by atoms with van der Waals surface area (Å²) in [5.74, 6) is 1.81. The minimum Gasteiger partial charge on any atom is -0.493 e. The minimum atomic E-state index is -0.159. The summed E-state index contributed by atoms with van der Waals surface area (Å²) in [6.45, 7) is 2.13. The fourth-order valence-electron chi connectivity index (χ4n) is 2.54. The SMILES string of the molecule is Cc1cc(NC(=O)CCOc2cccc(C=O)c2)ccc1Oc1ccncc1. The van der Waals surface area contributed by atoms with Crippen molar-refractivity contribution in [2.45, 2.75) is 13.3 Å². The average Bonchev–Trinajstić information content (AvgIpc) is 2.71. The lowest BCUT2D eigenvalue weighted by Gasteiger charge is -2.11. The molecule has 0 saturated carbocycles. The first-order chi connectivity index (χ1) is 13.6. The second kappa shape index (κ2) is 9.32. The average molecular weight is 376 g/mol. The van der Waals surface area contributed by atoms with Crippen molar-refractivity contribution in [2.24, 2.45) is 0 Å². The van der Waals surface area contributed by atoms with Crippen LogP contribution in [0.1, 0.15) is 22.3 Å². The number of ether oxygens (including phenoxy) is 2. The lowest BCUT2D eigenvalue weighted by atomic mass is 10.2. The van der Waals surface area contributed by atoms with Crippen LogP contribution in [0.5, 0.6) is 17.2 Å². The molecule has 0 aliphatic rings. The zero-order valence-corrected chi connectivity index (χ0v) is 15.4. The van der Waals surface area contributed by atoms with E-state index in [9.17, 15) is 9.59 Å². The molecular formula is C22H20N2O4. The number of carbonyl (C=O) groups is 2. The molecule has 3 aromatic rings. The number of carbonyl (C=O) groups excluding carboxylic acids is 2. The molecule has 0 fully saturated rings. The molecule has 0 saturated heterocycles. The molecule has 142 valence electrons. The Morgan fingerprint density at radius 1 is 1.07 bits per heavy atom. The van der Waals surface area contributed by atoms with E-state index in [1.165, 1.54) is 0 Å². The summed E-state index contributed by atoms with van der Waals surface area (Å²) in [7, 11) is 0. The summed E-state index contributed by atoms with van der Waals surface area (Å²) in [6.07, 6.45) is 4.27. The number of nitrogens with one attached hydrogen (secondary N) is 1. The molecule has 0 aliphatic carbocycles. The lowest BCUT2D eigenvalue weighted by Crippen LogP contribution is -2.15. The smallest absolute Gasteiger partial charge is 0.227 e. The van der Waals surface area contributed by atoms with E-state index in [-0.39, 0.29) is 18.9 Å². The highest BCUT2D eigenvalue weighted by Gasteiger charge is 2.07. The predicted molar refractivity (Wildman–Crippen MR) is 106 cm³/mol. The van der Waals surface area contributed by atoms with E-state index in [0.717, 1.165) is 11.8 Å². The van der Waals surface area contributed by atoms with Gasteiger partial charge in [0.1, 0.15) is 23.5 Å². The van der Waals surface area contributed by atoms with Gasteiger partial charge in [-0.15, -0.1) is 0 Å². The fourth-order valence-corrected chi connectivity index (χ4v) is 2.54. The normalized spacial score (nSPS) is 10.2. The van der Waals surface area contributed by atoms with Gasteiger partial charge in [0, 0.05) is 23.6 Å². The third kappa shape index (κ3) is 5.41. The van der Waals surface area contributed by atoms with Gasteiger partial charge in [0.2, 0.25) is 5.91 Å². The summed E-state index contributed by atoms with van der Waals surface area (Å²) in [5, 5.41) is 2.84. The van der Waals surface area contributed by atoms with Crippen LogP contribution in [0.25, 0.3) is 0 Å². The van der Waals surface area contributed by atoms with E-state index >= 15 is 0 Å². The molecule has 0 aliphatic heterocycles. The van der Waals surface area contributed by atoms with Gasteiger partial charge >= 0.3 is 0 Å². The van der Waals surface area contributed by atoms with Gasteiger partial charge < -0.3 is 14.8 Å². The number of aryl methyl sites for hydroxylation is 1. The Balaban J connectivity index is 1.51. The summed E-state index contributed by atoms with van der Waals surface area (Å²) < 4.78 is 11.3. The molecule has 0 spiro atoms. The third-order valence-electron chi connectivity index (χ3n) is 3.93. The van der Waals surface area contributed by atoms with Crippen LogP contribution in [0.2, 0.25) is 0 Å². The molecule has 1 heterocycles. The van der Waals surface area contributed by atoms with Crippen molar-refractivity contribution in [3.05, 3.63) is 78.1 Å². The maximum absolute atomic E-state index is 12.1. The molecule has 6 heteroatoms. The highest BCUT2D eigenvalue weighted by atomic mass is 16.5. The predicted octanol–water partition coefficient (Wildman–Crippen LogP) is 4.40. The number of pyridine rings is 1. The van der Waals surface area contributed by atoms with Gasteiger partial charge in [0.05, 0.1) is 13.0 Å². The van der Waals surface area contributed by atoms with Crippen LogP contribution in [0.3, 0.4) is 0 Å². The van der Waals surface area contributed by atoms with Crippen molar-refractivity contribution in [1.29, 1.82) is 0 Å². The largest absolute Gasteiger partial charge is 0.493 e. The lowest BCUT2D eigenvalue weighted by molar-refractivity contribution is -0.116. The molecule has 1 N–H and O–H groups in total. The van der Waals surface area contributed by atoms with Gasteiger partial charge in [-0.1, -0.05) is 12.1 Å². The van der Waals surface area contributed by atoms with Gasteiger partial charge in [-0.2, -0.15) is 0 Å². The Bertz CT molecular complexity index is 958. The summed E-state index contributed by atoms with van der Waals surface area (Å²) in [5.41, 5.74) is 2.12. The number of aromatic nitrogens is 1. The quantitative estimate of drug-likeness (QED) is 0.590. The first-order valence-electron chi connectivity index (χ1n) is 8.80. The Labute approximate surface area is 163 Å². The van der Waals surface area contributed by atoms with Crippen molar-refractivity contribution in [1.82, 2.24) is 4.98 Å². The molecular weight excluding hydrogens is 356 g/mol. The van der Waals surface area contributed by atoms with Crippen LogP contribution >= 0.6 is 0 Å². The number of rotatable bonds is 8. The molecule has 1 aromatic heterocycles. The number of hydrogen-bond acceptors (Lipinski definition) is 5. The molecule has 1 amide bonds. The first-order valence-corrected chi connectivity index (χ1v) is 8.80. The highest BCUT2D eigenvalue weighted by molar-refractivity contribution is 5.91. The minimum absolute atomic E-state index is 0.159. The van der Waals surface area contributed by atoms with E-state index in [0.29, 0.717) is 28.5 Å². The maximum Gasteiger partial charge on any atom is 0.227 e. The zero-order valence-electron chi connectivity index (χ0n) is 15.4. The van der Waals surface area contributed by atoms with Crippen LogP contribution in [-0.4, -0.2) is 23.8 Å². The van der Waals surface area contributed by atoms with Crippen molar-refractivity contribution in [2.75, 3.05) is 11.9 Å². The van der Waals surface area contributed by atoms with Crippen molar-refractivity contribution < 1.29 is 19.1 Å². The van der Waals surface area contributed by atoms with Crippen LogP contribution in [-0.2, 0) is 4.79 Å². The molecule has 0 bridgehead atoms. The van der Waals surface area contributed by atoms with Crippen molar-refractivity contribution in [3.63, 3.8) is 0 Å². The Morgan fingerprint density at radius 3 is 2.64 bits per heavy atom. The van der Waals surface area contributed by atoms with E-state index in [2.05, 4.69) is 10.3 Å². The first kappa shape index (κ1) is 19.1. The van der Waals surface area contributed by atoms with E-state index < -0.39 is 0 Å². The van der Waals surface area contributed by atoms with E-state index in [4.69, 9.17) is 9.47 Å². The molecule has 2 aromatic carbocycles. The molecule has 3 rings (SSSR count). The summed E-state index contributed by atoms with van der Waals surface area (Å²) in [6, 6.07) is 15.8. The summed E-state index contributed by atoms with van der Waals surface area (Å²) >= 11 is 0. The topological polar surface area (TPSA) is 77.5 Å². The Kier molecular flexibility index (Phi) is 6.36. The number of amides is 1. The molecule has 0 radical (unpaired) electrons. The number of aldehydes is 1. The van der Waals surface area contributed by atoms with Crippen LogP contribution in [0, 0.1) is 6.92 Å². The number of benzene rings is 2. The highest BCUT2D eigenvalue weighted by Crippen LogP contribution is 2.27. The molecule has 6 nitrogen and oxygen atoms in total. The maximum atomic E-state index is 12.1. The number of nitrogens with zero attached hydrogens (tertiary/aromatic N) is 1. The van der Waals surface area contributed by atoms with Gasteiger partial charge in [-0.3, -0.25) is 14.6 Å². The third-order valence-corrected chi connectivity index (χ3v) is 3.93. The Morgan fingerprint density at radius 2 is 1.89 bits per heavy atom. The summed E-state index contributed by atoms with van der Waals surface area (Å²) in [4.78, 5) is 26.8. The van der Waals surface area contributed by atoms with Gasteiger partial charge in [-0.25, -0.2) is 0 Å². The van der Waals surface area contributed by atoms with Crippen LogP contribution in [0.15, 0.2) is 67.0 Å². The standard InChI is InChI=1S/C22H20N2O4/c1-16-13-18(5-6-21(16)28-19-7-10-23-11-8-19)24-22(26)9-12-27-20-4-2-3-17(14-20)15-25/h2-8,10-11,13-15H,9,12H2,1H3,(H,24,26). The molecule has 0 unspecified atom stereocenters. The Hall–Kier alpha value is -3.67. The van der Waals surface area contributed by atoms with Crippen molar-refractivity contribution >= 4 is 17.9 Å². The van der Waals surface area contributed by atoms with Crippen LogP contribution < -0.4 is 14.8 Å². The van der Waals surface area contributed by atoms with Crippen molar-refractivity contribution in [3.8, 4) is 17.2 Å². The van der Waals surface area contributed by atoms with Gasteiger partial charge in [-0.05, 0) is 55.0 Å². The fraction of sp³-hybridized carbons (Fsp3) is 0.136. The second-order valence-electron chi connectivity index (χ2n) is 6.10. The zero-order chi connectivity index (χ0) is 19.8. The van der Waals surface area contributed by atoms with Crippen LogP contribution in [0.4, 0.5) is 5.69 Å². The monoisotopic (exact) mass is 376 g/mol.